The maximum absolute atomic E-state index is 12.3. The van der Waals surface area contributed by atoms with Gasteiger partial charge in [-0.1, -0.05) is 30.3 Å². The fraction of sp³-hybridized carbons (Fsp3) is 0.190. The Balaban J connectivity index is 1.62. The average Bonchev–Trinajstić information content (AvgIpc) is 2.70. The summed E-state index contributed by atoms with van der Waals surface area (Å²) in [6.45, 7) is 0.569. The summed E-state index contributed by atoms with van der Waals surface area (Å²) in [5, 5.41) is 9.35. The lowest BCUT2D eigenvalue weighted by molar-refractivity contribution is -0.132. The van der Waals surface area contributed by atoms with E-state index < -0.39 is 0 Å². The van der Waals surface area contributed by atoms with Crippen molar-refractivity contribution >= 4 is 22.9 Å². The van der Waals surface area contributed by atoms with Gasteiger partial charge in [0.15, 0.2) is 6.61 Å². The molecule has 0 saturated carbocycles. The van der Waals surface area contributed by atoms with Crippen LogP contribution in [0.25, 0.3) is 10.8 Å². The van der Waals surface area contributed by atoms with Gasteiger partial charge in [-0.15, -0.1) is 0 Å². The number of fused-ring (bicyclic) bond motifs is 1. The molecule has 5 nitrogen and oxygen atoms in total. The molecule has 0 radical (unpaired) electrons. The number of carbonyl (C=O) groups excluding carboxylic acids is 1. The third-order valence-corrected chi connectivity index (χ3v) is 4.28. The van der Waals surface area contributed by atoms with Crippen LogP contribution in [0.15, 0.2) is 60.8 Å². The van der Waals surface area contributed by atoms with Crippen LogP contribution >= 0.6 is 0 Å². The predicted molar refractivity (Wildman–Crippen MR) is 103 cm³/mol. The normalized spacial score (nSPS) is 10.5. The largest absolute Gasteiger partial charge is 0.483 e. The van der Waals surface area contributed by atoms with Crippen molar-refractivity contribution in [2.75, 3.05) is 20.2 Å². The van der Waals surface area contributed by atoms with Gasteiger partial charge < -0.3 is 15.0 Å². The van der Waals surface area contributed by atoms with E-state index in [0.29, 0.717) is 18.7 Å². The Morgan fingerprint density at radius 2 is 1.88 bits per heavy atom. The number of ether oxygens (including phenoxy) is 1. The third kappa shape index (κ3) is 4.06. The van der Waals surface area contributed by atoms with Crippen molar-refractivity contribution in [1.82, 2.24) is 9.88 Å². The summed E-state index contributed by atoms with van der Waals surface area (Å²) in [7, 11) is 1.77. The van der Waals surface area contributed by atoms with Crippen LogP contribution in [0.1, 0.15) is 11.3 Å². The Morgan fingerprint density at radius 3 is 2.62 bits per heavy atom. The van der Waals surface area contributed by atoms with Crippen LogP contribution in [-0.4, -0.2) is 42.2 Å². The number of carbonyl (C=O) groups is 1. The van der Waals surface area contributed by atoms with Gasteiger partial charge in [0.05, 0.1) is 0 Å². The topological polar surface area (TPSA) is 66.3 Å². The predicted octanol–water partition coefficient (Wildman–Crippen LogP) is 3.31. The molecule has 1 amide bonds. The Kier molecular flexibility index (Phi) is 5.59. The van der Waals surface area contributed by atoms with Gasteiger partial charge in [0.2, 0.25) is 0 Å². The zero-order chi connectivity index (χ0) is 18.4. The van der Waals surface area contributed by atoms with E-state index in [0.717, 1.165) is 22.0 Å². The highest BCUT2D eigenvalue weighted by molar-refractivity contribution is 6.01. The van der Waals surface area contributed by atoms with Crippen LogP contribution in [0, 0.1) is 5.41 Å². The van der Waals surface area contributed by atoms with Crippen LogP contribution in [-0.2, 0) is 11.2 Å². The standard InChI is InChI=1S/C21H21N3O2/c1-24(13-11-17-6-4-5-12-23-17)21(25)15-26-20-10-9-16(14-22)18-7-2-3-8-19(18)20/h2-10,12,14,22H,11,13,15H2,1H3. The summed E-state index contributed by atoms with van der Waals surface area (Å²) in [6.07, 6.45) is 3.78. The van der Waals surface area contributed by atoms with E-state index in [1.54, 1.807) is 18.1 Å². The molecule has 0 atom stereocenters. The maximum atomic E-state index is 12.3. The van der Waals surface area contributed by atoms with Crippen LogP contribution in [0.4, 0.5) is 0 Å². The number of nitrogens with one attached hydrogen (secondary N) is 1. The fourth-order valence-electron chi connectivity index (χ4n) is 2.75. The Labute approximate surface area is 152 Å². The molecule has 0 spiro atoms. The lowest BCUT2D eigenvalue weighted by Gasteiger charge is -2.18. The molecular formula is C21H21N3O2. The molecule has 3 rings (SSSR count). The van der Waals surface area contributed by atoms with Gasteiger partial charge in [-0.05, 0) is 29.7 Å². The van der Waals surface area contributed by atoms with Gasteiger partial charge in [0.25, 0.3) is 5.91 Å². The summed E-state index contributed by atoms with van der Waals surface area (Å²) in [6, 6.07) is 17.1. The molecule has 0 aliphatic carbocycles. The number of aromatic nitrogens is 1. The lowest BCUT2D eigenvalue weighted by Crippen LogP contribution is -2.33. The van der Waals surface area contributed by atoms with Gasteiger partial charge >= 0.3 is 0 Å². The quantitative estimate of drug-likeness (QED) is 0.667. The molecule has 0 fully saturated rings. The van der Waals surface area contributed by atoms with Gasteiger partial charge in [-0.2, -0.15) is 0 Å². The first-order chi connectivity index (χ1) is 12.7. The minimum Gasteiger partial charge on any atom is -0.483 e. The van der Waals surface area contributed by atoms with Crippen LogP contribution in [0.2, 0.25) is 0 Å². The summed E-state index contributed by atoms with van der Waals surface area (Å²) in [4.78, 5) is 18.3. The molecule has 0 unspecified atom stereocenters. The molecule has 0 bridgehead atoms. The van der Waals surface area contributed by atoms with E-state index in [9.17, 15) is 4.79 Å². The van der Waals surface area contributed by atoms with Gasteiger partial charge in [-0.3, -0.25) is 9.78 Å². The van der Waals surface area contributed by atoms with Crippen LogP contribution < -0.4 is 4.74 Å². The molecule has 1 heterocycles. The maximum Gasteiger partial charge on any atom is 0.260 e. The molecule has 5 heteroatoms. The van der Waals surface area contributed by atoms with Crippen molar-refractivity contribution in [1.29, 1.82) is 5.41 Å². The van der Waals surface area contributed by atoms with E-state index in [-0.39, 0.29) is 12.5 Å². The van der Waals surface area contributed by atoms with Crippen molar-refractivity contribution in [3.05, 3.63) is 72.1 Å². The highest BCUT2D eigenvalue weighted by Crippen LogP contribution is 2.27. The van der Waals surface area contributed by atoms with Crippen molar-refractivity contribution in [3.8, 4) is 5.75 Å². The SMILES string of the molecule is CN(CCc1ccccn1)C(=O)COc1ccc(C=N)c2ccccc12. The number of hydrogen-bond acceptors (Lipinski definition) is 4. The molecule has 1 aromatic heterocycles. The molecule has 2 aromatic carbocycles. The molecule has 132 valence electrons. The Hall–Kier alpha value is -3.21. The van der Waals surface area contributed by atoms with E-state index in [2.05, 4.69) is 4.98 Å². The van der Waals surface area contributed by atoms with Gasteiger partial charge in [-0.25, -0.2) is 0 Å². The van der Waals surface area contributed by atoms with Crippen molar-refractivity contribution in [2.45, 2.75) is 6.42 Å². The number of likely N-dealkylation sites (N-methyl/N-ethyl adjacent to an activating group) is 1. The molecule has 26 heavy (non-hydrogen) atoms. The van der Waals surface area contributed by atoms with E-state index in [1.807, 2.05) is 54.6 Å². The Morgan fingerprint density at radius 1 is 1.12 bits per heavy atom. The van der Waals surface area contributed by atoms with E-state index in [4.69, 9.17) is 10.1 Å². The van der Waals surface area contributed by atoms with E-state index >= 15 is 0 Å². The monoisotopic (exact) mass is 347 g/mol. The highest BCUT2D eigenvalue weighted by atomic mass is 16.5. The molecule has 3 aromatic rings. The number of amides is 1. The molecule has 0 saturated heterocycles. The first-order valence-electron chi connectivity index (χ1n) is 8.48. The molecular weight excluding hydrogens is 326 g/mol. The lowest BCUT2D eigenvalue weighted by atomic mass is 10.0. The second-order valence-electron chi connectivity index (χ2n) is 6.02. The first kappa shape index (κ1) is 17.6. The molecule has 0 aliphatic rings. The van der Waals surface area contributed by atoms with Crippen LogP contribution in [0.3, 0.4) is 0 Å². The van der Waals surface area contributed by atoms with Crippen molar-refractivity contribution < 1.29 is 9.53 Å². The highest BCUT2D eigenvalue weighted by Gasteiger charge is 2.12. The first-order valence-corrected chi connectivity index (χ1v) is 8.48. The van der Waals surface area contributed by atoms with Gasteiger partial charge in [0, 0.05) is 49.1 Å². The zero-order valence-electron chi connectivity index (χ0n) is 14.7. The molecule has 1 N–H and O–H groups in total. The number of nitrogens with zero attached hydrogens (tertiary/aromatic N) is 2. The smallest absolute Gasteiger partial charge is 0.260 e. The summed E-state index contributed by atoms with van der Waals surface area (Å²) < 4.78 is 5.77. The second-order valence-corrected chi connectivity index (χ2v) is 6.02. The summed E-state index contributed by atoms with van der Waals surface area (Å²) in [5.74, 6) is 0.568. The van der Waals surface area contributed by atoms with Crippen LogP contribution in [0.5, 0.6) is 5.75 Å². The fourth-order valence-corrected chi connectivity index (χ4v) is 2.75. The number of rotatable bonds is 7. The summed E-state index contributed by atoms with van der Waals surface area (Å²) >= 11 is 0. The Bertz CT molecular complexity index is 910. The zero-order valence-corrected chi connectivity index (χ0v) is 14.7. The van der Waals surface area contributed by atoms with Crippen molar-refractivity contribution in [2.24, 2.45) is 0 Å². The average molecular weight is 347 g/mol. The number of hydrogen-bond donors (Lipinski definition) is 1. The summed E-state index contributed by atoms with van der Waals surface area (Å²) in [5.41, 5.74) is 1.79. The van der Waals surface area contributed by atoms with Gasteiger partial charge in [0.1, 0.15) is 5.75 Å². The van der Waals surface area contributed by atoms with E-state index in [1.165, 1.54) is 6.21 Å². The minimum absolute atomic E-state index is 0.0212. The molecule has 0 aliphatic heterocycles. The second kappa shape index (κ2) is 8.25. The minimum atomic E-state index is -0.0823. The number of benzene rings is 2. The third-order valence-electron chi connectivity index (χ3n) is 4.28. The number of pyridine rings is 1. The van der Waals surface area contributed by atoms with Crippen molar-refractivity contribution in [3.63, 3.8) is 0 Å².